The van der Waals surface area contributed by atoms with Gasteiger partial charge in [0.15, 0.2) is 11.6 Å². The fourth-order valence-electron chi connectivity index (χ4n) is 5.00. The van der Waals surface area contributed by atoms with Gasteiger partial charge in [-0.3, -0.25) is 0 Å². The Labute approximate surface area is 224 Å². The van der Waals surface area contributed by atoms with Crippen LogP contribution in [0, 0.1) is 11.6 Å². The second-order valence-electron chi connectivity index (χ2n) is 9.40. The zero-order valence-electron chi connectivity index (χ0n) is 20.5. The van der Waals surface area contributed by atoms with Crippen LogP contribution in [0.4, 0.5) is 17.6 Å². The van der Waals surface area contributed by atoms with Crippen LogP contribution in [-0.4, -0.2) is 97.5 Å². The fraction of sp³-hybridized carbons (Fsp3) is 0.565. The van der Waals surface area contributed by atoms with E-state index in [1.54, 1.807) is 0 Å². The van der Waals surface area contributed by atoms with Crippen molar-refractivity contribution in [1.29, 1.82) is 0 Å². The molecule has 0 unspecified atom stereocenters. The molecule has 3 aromatic rings. The molecule has 0 aliphatic carbocycles. The lowest BCUT2D eigenvalue weighted by Gasteiger charge is -2.43. The number of hydrogen-bond acceptors (Lipinski definition) is 9. The monoisotopic (exact) mass is 576 g/mol. The number of methoxy groups -OCH3 is 1. The molecule has 0 bridgehead atoms. The molecule has 1 aromatic carbocycles. The highest BCUT2D eigenvalue weighted by molar-refractivity contribution is 6.30. The number of hydrogen-bond donors (Lipinski definition) is 2. The standard InChI is InChI=1S/C23H25ClF4N6O5/c1-37-22-15(6-11-7-33(31-29-11)17-4-5-38-10-23(17,27)28)39-16(9-35)21(36)20(22)34-8-14(30-32-34)12-2-3-13(24)19(26)18(12)25/h2-3,7-8,15-17,20-22,35-36H,4-6,9-10H2,1H3/t15-,16-,17+,20+,21+,22+/m1/s1. The number of aliphatic hydroxyl groups is 2. The maximum atomic E-state index is 14.5. The van der Waals surface area contributed by atoms with Crippen LogP contribution in [0.3, 0.4) is 0 Å². The van der Waals surface area contributed by atoms with Crippen molar-refractivity contribution in [3.63, 3.8) is 0 Å². The van der Waals surface area contributed by atoms with Gasteiger partial charge in [0.05, 0.1) is 29.6 Å². The fourth-order valence-corrected chi connectivity index (χ4v) is 5.15. The summed E-state index contributed by atoms with van der Waals surface area (Å²) in [6, 6.07) is 0.219. The van der Waals surface area contributed by atoms with Crippen molar-refractivity contribution in [2.24, 2.45) is 0 Å². The third-order valence-electron chi connectivity index (χ3n) is 6.97. The smallest absolute Gasteiger partial charge is 0.292 e. The first kappa shape index (κ1) is 27.9. The van der Waals surface area contributed by atoms with Gasteiger partial charge in [-0.15, -0.1) is 10.2 Å². The van der Waals surface area contributed by atoms with Crippen molar-refractivity contribution >= 4 is 11.6 Å². The summed E-state index contributed by atoms with van der Waals surface area (Å²) in [5, 5.41) is 36.2. The van der Waals surface area contributed by atoms with Crippen LogP contribution >= 0.6 is 11.6 Å². The number of alkyl halides is 2. The van der Waals surface area contributed by atoms with Crippen LogP contribution in [0.15, 0.2) is 24.5 Å². The zero-order chi connectivity index (χ0) is 27.9. The molecule has 11 nitrogen and oxygen atoms in total. The molecule has 2 aliphatic heterocycles. The number of ether oxygens (including phenoxy) is 3. The Bertz CT molecular complexity index is 1310. The van der Waals surface area contributed by atoms with E-state index in [0.717, 1.165) is 4.68 Å². The van der Waals surface area contributed by atoms with Crippen LogP contribution in [0.25, 0.3) is 11.3 Å². The first-order chi connectivity index (χ1) is 18.6. The van der Waals surface area contributed by atoms with Crippen LogP contribution < -0.4 is 0 Å². The topological polar surface area (TPSA) is 130 Å². The van der Waals surface area contributed by atoms with Crippen molar-refractivity contribution in [1.82, 2.24) is 30.0 Å². The van der Waals surface area contributed by atoms with E-state index in [1.807, 2.05) is 0 Å². The first-order valence-corrected chi connectivity index (χ1v) is 12.4. The molecule has 16 heteroatoms. The lowest BCUT2D eigenvalue weighted by molar-refractivity contribution is -0.212. The van der Waals surface area contributed by atoms with Gasteiger partial charge >= 0.3 is 0 Å². The maximum absolute atomic E-state index is 14.5. The Morgan fingerprint density at radius 3 is 2.62 bits per heavy atom. The van der Waals surface area contributed by atoms with E-state index in [-0.39, 0.29) is 30.7 Å². The van der Waals surface area contributed by atoms with Crippen molar-refractivity contribution in [3.05, 3.63) is 46.9 Å². The second-order valence-corrected chi connectivity index (χ2v) is 9.80. The third-order valence-corrected chi connectivity index (χ3v) is 7.26. The van der Waals surface area contributed by atoms with Crippen molar-refractivity contribution in [3.8, 4) is 11.3 Å². The maximum Gasteiger partial charge on any atom is 0.292 e. The molecule has 2 aliphatic rings. The Balaban J connectivity index is 1.41. The summed E-state index contributed by atoms with van der Waals surface area (Å²) < 4.78 is 75.9. The Kier molecular flexibility index (Phi) is 7.90. The van der Waals surface area contributed by atoms with E-state index >= 15 is 0 Å². The summed E-state index contributed by atoms with van der Waals surface area (Å²) in [7, 11) is 1.37. The van der Waals surface area contributed by atoms with Gasteiger partial charge in [-0.2, -0.15) is 0 Å². The quantitative estimate of drug-likeness (QED) is 0.320. The highest BCUT2D eigenvalue weighted by atomic mass is 35.5. The molecular weight excluding hydrogens is 552 g/mol. The molecule has 0 amide bonds. The van der Waals surface area contributed by atoms with Gasteiger partial charge in [0.25, 0.3) is 5.92 Å². The number of halogens is 5. The number of nitrogens with zero attached hydrogens (tertiary/aromatic N) is 6. The summed E-state index contributed by atoms with van der Waals surface area (Å²) in [6.07, 6.45) is -1.38. The zero-order valence-corrected chi connectivity index (χ0v) is 21.3. The minimum atomic E-state index is -3.12. The van der Waals surface area contributed by atoms with E-state index in [1.165, 1.54) is 36.3 Å². The van der Waals surface area contributed by atoms with Crippen LogP contribution in [0.2, 0.25) is 5.02 Å². The molecule has 2 fully saturated rings. The average molecular weight is 577 g/mol. The number of benzene rings is 1. The molecule has 0 spiro atoms. The van der Waals surface area contributed by atoms with E-state index in [2.05, 4.69) is 20.6 Å². The minimum Gasteiger partial charge on any atom is -0.394 e. The largest absolute Gasteiger partial charge is 0.394 e. The minimum absolute atomic E-state index is 0.0333. The molecule has 0 saturated carbocycles. The SMILES string of the molecule is CO[C@@H]1[C@@H](n2cc(-c3ccc(Cl)c(F)c3F)nn2)[C@@H](O)[C@@H](CO)O[C@@H]1Cc1cn([C@H]2CCOCC2(F)F)nn1. The third kappa shape index (κ3) is 5.26. The lowest BCUT2D eigenvalue weighted by atomic mass is 9.90. The van der Waals surface area contributed by atoms with Crippen molar-refractivity contribution < 1.29 is 42.0 Å². The van der Waals surface area contributed by atoms with E-state index < -0.39 is 72.3 Å². The van der Waals surface area contributed by atoms with E-state index in [9.17, 15) is 27.8 Å². The molecule has 2 saturated heterocycles. The van der Waals surface area contributed by atoms with Gasteiger partial charge < -0.3 is 24.4 Å². The predicted molar refractivity (Wildman–Crippen MR) is 125 cm³/mol. The van der Waals surface area contributed by atoms with Gasteiger partial charge in [0.1, 0.15) is 42.7 Å². The summed E-state index contributed by atoms with van der Waals surface area (Å²) in [5.41, 5.74) is 0.0821. The van der Waals surface area contributed by atoms with Crippen molar-refractivity contribution in [2.75, 3.05) is 26.9 Å². The summed E-state index contributed by atoms with van der Waals surface area (Å²) in [6.45, 7) is -1.12. The van der Waals surface area contributed by atoms with Crippen LogP contribution in [-0.2, 0) is 20.6 Å². The molecular formula is C23H25ClF4N6O5. The molecule has 6 atom stereocenters. The molecule has 212 valence electrons. The number of rotatable bonds is 7. The number of aromatic nitrogens is 6. The van der Waals surface area contributed by atoms with Gasteiger partial charge in [-0.25, -0.2) is 26.9 Å². The summed E-state index contributed by atoms with van der Waals surface area (Å²) >= 11 is 5.63. The molecule has 5 rings (SSSR count). The summed E-state index contributed by atoms with van der Waals surface area (Å²) in [5.74, 6) is -5.57. The first-order valence-electron chi connectivity index (χ1n) is 12.0. The highest BCUT2D eigenvalue weighted by Gasteiger charge is 2.48. The van der Waals surface area contributed by atoms with E-state index in [0.29, 0.717) is 5.69 Å². The van der Waals surface area contributed by atoms with Crippen LogP contribution in [0.5, 0.6) is 0 Å². The van der Waals surface area contributed by atoms with Gasteiger partial charge in [-0.05, 0) is 18.6 Å². The van der Waals surface area contributed by atoms with E-state index in [4.69, 9.17) is 25.8 Å². The molecule has 2 N–H and O–H groups in total. The second kappa shape index (κ2) is 11.1. The van der Waals surface area contributed by atoms with Gasteiger partial charge in [-0.1, -0.05) is 22.0 Å². The van der Waals surface area contributed by atoms with Crippen molar-refractivity contribution in [2.45, 2.75) is 55.3 Å². The molecule has 4 heterocycles. The van der Waals surface area contributed by atoms with Gasteiger partial charge in [0, 0.05) is 31.9 Å². The highest BCUT2D eigenvalue weighted by Crippen LogP contribution is 2.37. The Morgan fingerprint density at radius 2 is 1.90 bits per heavy atom. The normalized spacial score (nSPS) is 29.0. The Hall–Kier alpha value is -2.69. The molecule has 0 radical (unpaired) electrons. The predicted octanol–water partition coefficient (Wildman–Crippen LogP) is 1.98. The molecule has 2 aromatic heterocycles. The average Bonchev–Trinajstić information content (AvgIpc) is 3.57. The molecule has 39 heavy (non-hydrogen) atoms. The van der Waals surface area contributed by atoms with Gasteiger partial charge in [0.2, 0.25) is 0 Å². The summed E-state index contributed by atoms with van der Waals surface area (Å²) in [4.78, 5) is 0. The lowest BCUT2D eigenvalue weighted by Crippen LogP contribution is -2.57. The Morgan fingerprint density at radius 1 is 1.13 bits per heavy atom. The number of aliphatic hydroxyl groups excluding tert-OH is 2. The van der Waals surface area contributed by atoms with Crippen LogP contribution in [0.1, 0.15) is 24.2 Å².